The summed E-state index contributed by atoms with van der Waals surface area (Å²) < 4.78 is 3.83. The number of fused-ring (bicyclic) bond motifs is 2. The molecule has 0 aliphatic carbocycles. The lowest BCUT2D eigenvalue weighted by molar-refractivity contribution is 0.768. The summed E-state index contributed by atoms with van der Waals surface area (Å²) in [6, 6.07) is 10.4. The molecule has 0 bridgehead atoms. The lowest BCUT2D eigenvalue weighted by Gasteiger charge is -2.03. The predicted molar refractivity (Wildman–Crippen MR) is 115 cm³/mol. The van der Waals surface area contributed by atoms with Gasteiger partial charge in [0.25, 0.3) is 0 Å². The molecular formula is C22H18N8. The summed E-state index contributed by atoms with van der Waals surface area (Å²) in [5.41, 5.74) is 7.65. The number of H-pyrrole nitrogens is 2. The monoisotopic (exact) mass is 394 g/mol. The Hall–Kier alpha value is -4.20. The summed E-state index contributed by atoms with van der Waals surface area (Å²) in [7, 11) is 1.91. The lowest BCUT2D eigenvalue weighted by atomic mass is 10.1. The summed E-state index contributed by atoms with van der Waals surface area (Å²) in [5.74, 6) is 0. The van der Waals surface area contributed by atoms with Crippen LogP contribution < -0.4 is 0 Å². The molecule has 0 spiro atoms. The van der Waals surface area contributed by atoms with Crippen molar-refractivity contribution >= 4 is 21.9 Å². The first-order valence-corrected chi connectivity index (χ1v) is 9.62. The van der Waals surface area contributed by atoms with Gasteiger partial charge >= 0.3 is 0 Å². The number of aromatic amines is 2. The van der Waals surface area contributed by atoms with Crippen LogP contribution >= 0.6 is 0 Å². The number of hydrogen-bond acceptors (Lipinski definition) is 4. The number of aryl methyl sites for hydroxylation is 2. The summed E-state index contributed by atoms with van der Waals surface area (Å²) >= 11 is 0. The minimum atomic E-state index is 0.752. The minimum absolute atomic E-state index is 0.752. The topological polar surface area (TPSA) is 93.0 Å². The molecule has 0 radical (unpaired) electrons. The van der Waals surface area contributed by atoms with Gasteiger partial charge in [-0.25, -0.2) is 9.97 Å². The molecule has 6 aromatic rings. The van der Waals surface area contributed by atoms with Crippen molar-refractivity contribution < 1.29 is 0 Å². The Kier molecular flexibility index (Phi) is 3.43. The third-order valence-corrected chi connectivity index (χ3v) is 5.34. The fourth-order valence-corrected chi connectivity index (χ4v) is 3.88. The second-order valence-electron chi connectivity index (χ2n) is 7.44. The summed E-state index contributed by atoms with van der Waals surface area (Å²) in [6.45, 7) is 1.99. The zero-order chi connectivity index (χ0) is 20.2. The molecule has 0 saturated heterocycles. The van der Waals surface area contributed by atoms with Crippen LogP contribution in [0, 0.1) is 6.92 Å². The highest BCUT2D eigenvalue weighted by Gasteiger charge is 2.15. The maximum atomic E-state index is 4.55. The third-order valence-electron chi connectivity index (χ3n) is 5.34. The van der Waals surface area contributed by atoms with Gasteiger partial charge in [0.2, 0.25) is 0 Å². The fourth-order valence-electron chi connectivity index (χ4n) is 3.88. The largest absolute Gasteiger partial charge is 0.353 e. The van der Waals surface area contributed by atoms with Gasteiger partial charge in [0.15, 0.2) is 5.65 Å². The van der Waals surface area contributed by atoms with Crippen LogP contribution in [0.2, 0.25) is 0 Å². The highest BCUT2D eigenvalue weighted by molar-refractivity contribution is 5.98. The zero-order valence-corrected chi connectivity index (χ0v) is 16.5. The molecular weight excluding hydrogens is 376 g/mol. The Morgan fingerprint density at radius 2 is 1.90 bits per heavy atom. The number of imidazole rings is 1. The van der Waals surface area contributed by atoms with E-state index < -0.39 is 0 Å². The average molecular weight is 394 g/mol. The number of nitrogens with zero attached hydrogens (tertiary/aromatic N) is 6. The summed E-state index contributed by atoms with van der Waals surface area (Å²) in [6.07, 6.45) is 9.52. The van der Waals surface area contributed by atoms with E-state index in [0.717, 1.165) is 55.8 Å². The van der Waals surface area contributed by atoms with E-state index in [1.165, 1.54) is 0 Å². The molecule has 2 N–H and O–H groups in total. The molecule has 0 saturated carbocycles. The van der Waals surface area contributed by atoms with Gasteiger partial charge < -0.3 is 9.55 Å². The van der Waals surface area contributed by atoms with Gasteiger partial charge in [0, 0.05) is 53.1 Å². The minimum Gasteiger partial charge on any atom is -0.353 e. The van der Waals surface area contributed by atoms with E-state index in [1.807, 2.05) is 55.7 Å². The van der Waals surface area contributed by atoms with Gasteiger partial charge in [-0.05, 0) is 31.2 Å². The van der Waals surface area contributed by atoms with Crippen LogP contribution in [0.3, 0.4) is 0 Å². The smallest absolute Gasteiger partial charge is 0.155 e. The van der Waals surface area contributed by atoms with Crippen LogP contribution in [0.15, 0.2) is 61.4 Å². The first kappa shape index (κ1) is 16.7. The third kappa shape index (κ3) is 2.54. The maximum absolute atomic E-state index is 4.55. The number of pyridine rings is 1. The molecule has 6 rings (SSSR count). The Labute approximate surface area is 171 Å². The second kappa shape index (κ2) is 6.15. The van der Waals surface area contributed by atoms with Crippen molar-refractivity contribution in [3.8, 4) is 28.2 Å². The van der Waals surface area contributed by atoms with Crippen molar-refractivity contribution in [2.24, 2.45) is 7.05 Å². The van der Waals surface area contributed by atoms with Crippen LogP contribution in [0.4, 0.5) is 0 Å². The Balaban J connectivity index is 1.52. The van der Waals surface area contributed by atoms with E-state index >= 15 is 0 Å². The SMILES string of the molecule is Cc1cn(-c2cccc3[nH]c(-c4n[nH]c5ncc(-c6cnn(C)c6)cc45)cc23)cn1. The van der Waals surface area contributed by atoms with Crippen LogP contribution in [0.5, 0.6) is 0 Å². The molecule has 0 aliphatic heterocycles. The predicted octanol–water partition coefficient (Wildman–Crippen LogP) is 4.00. The van der Waals surface area contributed by atoms with Gasteiger partial charge in [-0.15, -0.1) is 0 Å². The highest BCUT2D eigenvalue weighted by Crippen LogP contribution is 2.32. The molecule has 8 nitrogen and oxygen atoms in total. The van der Waals surface area contributed by atoms with Gasteiger partial charge in [0.05, 0.1) is 29.6 Å². The quantitative estimate of drug-likeness (QED) is 0.474. The Morgan fingerprint density at radius 1 is 0.967 bits per heavy atom. The molecule has 8 heteroatoms. The Morgan fingerprint density at radius 3 is 2.70 bits per heavy atom. The van der Waals surface area contributed by atoms with Gasteiger partial charge in [0.1, 0.15) is 5.69 Å². The van der Waals surface area contributed by atoms with E-state index in [1.54, 1.807) is 4.68 Å². The molecule has 0 amide bonds. The molecule has 0 atom stereocenters. The summed E-state index contributed by atoms with van der Waals surface area (Å²) in [4.78, 5) is 12.4. The maximum Gasteiger partial charge on any atom is 0.155 e. The molecule has 30 heavy (non-hydrogen) atoms. The molecule has 0 aliphatic rings. The number of hydrogen-bond donors (Lipinski definition) is 2. The van der Waals surface area contributed by atoms with Crippen molar-refractivity contribution in [3.05, 3.63) is 67.1 Å². The normalized spacial score (nSPS) is 11.7. The molecule has 0 fully saturated rings. The van der Waals surface area contributed by atoms with Crippen LogP contribution in [0.25, 0.3) is 50.1 Å². The van der Waals surface area contributed by atoms with E-state index in [9.17, 15) is 0 Å². The van der Waals surface area contributed by atoms with Gasteiger partial charge in [-0.1, -0.05) is 6.07 Å². The van der Waals surface area contributed by atoms with Crippen molar-refractivity contribution in [3.63, 3.8) is 0 Å². The number of rotatable bonds is 3. The second-order valence-corrected chi connectivity index (χ2v) is 7.44. The van der Waals surface area contributed by atoms with E-state index in [-0.39, 0.29) is 0 Å². The van der Waals surface area contributed by atoms with Crippen LogP contribution in [0.1, 0.15) is 5.69 Å². The van der Waals surface area contributed by atoms with Crippen molar-refractivity contribution in [1.29, 1.82) is 0 Å². The molecule has 0 unspecified atom stereocenters. The van der Waals surface area contributed by atoms with E-state index in [4.69, 9.17) is 0 Å². The molecule has 5 heterocycles. The van der Waals surface area contributed by atoms with Gasteiger partial charge in [-0.2, -0.15) is 10.2 Å². The molecule has 1 aromatic carbocycles. The van der Waals surface area contributed by atoms with Crippen LogP contribution in [-0.2, 0) is 7.05 Å². The standard InChI is InChI=1S/C22H18N8/c1-13-10-30(12-24-13)20-5-3-4-18-16(20)7-19(26-18)21-17-6-14(8-23-22(17)28-27-21)15-9-25-29(2)11-15/h3-12,26H,1-2H3,(H,23,27,28). The van der Waals surface area contributed by atoms with Gasteiger partial charge in [-0.3, -0.25) is 9.78 Å². The van der Waals surface area contributed by atoms with E-state index in [0.29, 0.717) is 0 Å². The molecule has 5 aromatic heterocycles. The van der Waals surface area contributed by atoms with Crippen molar-refractivity contribution in [2.75, 3.05) is 0 Å². The summed E-state index contributed by atoms with van der Waals surface area (Å²) in [5, 5.41) is 13.9. The van der Waals surface area contributed by atoms with Crippen molar-refractivity contribution in [2.45, 2.75) is 6.92 Å². The van der Waals surface area contributed by atoms with Crippen LogP contribution in [-0.4, -0.2) is 39.5 Å². The highest BCUT2D eigenvalue weighted by atomic mass is 15.2. The zero-order valence-electron chi connectivity index (χ0n) is 16.5. The average Bonchev–Trinajstić information content (AvgIpc) is 3.52. The first-order chi connectivity index (χ1) is 14.7. The Bertz CT molecular complexity index is 1530. The molecule has 146 valence electrons. The lowest BCUT2D eigenvalue weighted by Crippen LogP contribution is -1.89. The fraction of sp³-hybridized carbons (Fsp3) is 0.0909. The van der Waals surface area contributed by atoms with E-state index in [2.05, 4.69) is 54.5 Å². The number of aromatic nitrogens is 8. The van der Waals surface area contributed by atoms with Crippen molar-refractivity contribution in [1.82, 2.24) is 39.5 Å². The first-order valence-electron chi connectivity index (χ1n) is 9.62. The number of nitrogens with one attached hydrogen (secondary N) is 2. The number of benzene rings is 1.